The molecule has 6 nitrogen and oxygen atoms in total. The summed E-state index contributed by atoms with van der Waals surface area (Å²) in [6.07, 6.45) is 3.24. The van der Waals surface area contributed by atoms with E-state index >= 15 is 0 Å². The zero-order valence-corrected chi connectivity index (χ0v) is 15.4. The molecular weight excluding hydrogens is 357 g/mol. The van der Waals surface area contributed by atoms with Crippen molar-refractivity contribution in [3.8, 4) is 6.07 Å². The monoisotopic (exact) mass is 375 g/mol. The van der Waals surface area contributed by atoms with Crippen LogP contribution in [-0.4, -0.2) is 25.9 Å². The van der Waals surface area contributed by atoms with Crippen LogP contribution in [0.3, 0.4) is 0 Å². The van der Waals surface area contributed by atoms with Crippen molar-refractivity contribution in [2.45, 2.75) is 44.8 Å². The molecule has 3 aromatic heterocycles. The van der Waals surface area contributed by atoms with E-state index in [0.29, 0.717) is 24.8 Å². The molecule has 1 aliphatic rings. The van der Waals surface area contributed by atoms with Crippen molar-refractivity contribution < 1.29 is 8.91 Å². The van der Waals surface area contributed by atoms with Crippen LogP contribution in [0.4, 0.5) is 4.39 Å². The van der Waals surface area contributed by atoms with E-state index in [1.807, 2.05) is 25.1 Å². The fourth-order valence-electron chi connectivity index (χ4n) is 4.21. The summed E-state index contributed by atoms with van der Waals surface area (Å²) in [5, 5.41) is 14.3. The van der Waals surface area contributed by atoms with Gasteiger partial charge in [-0.2, -0.15) is 5.26 Å². The van der Waals surface area contributed by atoms with Gasteiger partial charge in [0.2, 0.25) is 0 Å². The normalized spacial score (nSPS) is 19.5. The molecule has 28 heavy (non-hydrogen) atoms. The van der Waals surface area contributed by atoms with Gasteiger partial charge in [-0.3, -0.25) is 4.98 Å². The second-order valence-corrected chi connectivity index (χ2v) is 7.40. The Morgan fingerprint density at radius 2 is 2.18 bits per heavy atom. The highest BCUT2D eigenvalue weighted by molar-refractivity contribution is 6.02. The zero-order valence-electron chi connectivity index (χ0n) is 15.4. The number of nitriles is 1. The third-order valence-electron chi connectivity index (χ3n) is 5.44. The van der Waals surface area contributed by atoms with Gasteiger partial charge in [0.25, 0.3) is 0 Å². The summed E-state index contributed by atoms with van der Waals surface area (Å²) >= 11 is 0. The van der Waals surface area contributed by atoms with Crippen LogP contribution in [0.1, 0.15) is 48.1 Å². The molecule has 0 amide bonds. The second-order valence-electron chi connectivity index (χ2n) is 7.40. The summed E-state index contributed by atoms with van der Waals surface area (Å²) in [6, 6.07) is 9.55. The predicted molar refractivity (Wildman–Crippen MR) is 102 cm³/mol. The summed E-state index contributed by atoms with van der Waals surface area (Å²) < 4.78 is 21.4. The van der Waals surface area contributed by atoms with E-state index < -0.39 is 6.17 Å². The molecule has 0 aliphatic heterocycles. The van der Waals surface area contributed by atoms with Gasteiger partial charge < -0.3 is 9.09 Å². The molecule has 0 spiro atoms. The summed E-state index contributed by atoms with van der Waals surface area (Å²) in [7, 11) is 0. The number of aromatic nitrogens is 4. The third kappa shape index (κ3) is 2.73. The largest absolute Gasteiger partial charge is 0.361 e. The second kappa shape index (κ2) is 6.41. The van der Waals surface area contributed by atoms with Gasteiger partial charge in [-0.1, -0.05) is 5.16 Å². The summed E-state index contributed by atoms with van der Waals surface area (Å²) in [5.41, 5.74) is 3.82. The van der Waals surface area contributed by atoms with Crippen molar-refractivity contribution in [2.24, 2.45) is 0 Å². The minimum atomic E-state index is -0.799. The predicted octanol–water partition coefficient (Wildman–Crippen LogP) is 4.41. The Hall–Kier alpha value is -3.27. The maximum Gasteiger partial charge on any atom is 0.133 e. The zero-order chi connectivity index (χ0) is 19.3. The standard InChI is InChI=1S/C21H18FN5O/c1-12-6-15(26-28-12)9-20-25-19-11-24-18-5-2-13(10-23)7-17(18)21(19)27(20)16-4-3-14(22)8-16/h2,5-7,11,14,16H,3-4,8-9H2,1H3/t14-,16+/m0/s1. The Kier molecular flexibility index (Phi) is 3.86. The van der Waals surface area contributed by atoms with Gasteiger partial charge in [0.05, 0.1) is 41.0 Å². The highest BCUT2D eigenvalue weighted by atomic mass is 19.1. The third-order valence-corrected chi connectivity index (χ3v) is 5.44. The summed E-state index contributed by atoms with van der Waals surface area (Å²) in [4.78, 5) is 9.30. The van der Waals surface area contributed by atoms with Gasteiger partial charge in [-0.15, -0.1) is 0 Å². The Bertz CT molecular complexity index is 1240. The number of hydrogen-bond acceptors (Lipinski definition) is 5. The highest BCUT2D eigenvalue weighted by Crippen LogP contribution is 2.37. The molecule has 0 radical (unpaired) electrons. The van der Waals surface area contributed by atoms with Gasteiger partial charge >= 0.3 is 0 Å². The molecular formula is C21H18FN5O. The number of halogens is 1. The Morgan fingerprint density at radius 1 is 1.29 bits per heavy atom. The Morgan fingerprint density at radius 3 is 2.89 bits per heavy atom. The molecule has 1 aliphatic carbocycles. The lowest BCUT2D eigenvalue weighted by molar-refractivity contribution is 0.330. The Balaban J connectivity index is 1.76. The molecule has 0 saturated heterocycles. The number of hydrogen-bond donors (Lipinski definition) is 0. The van der Waals surface area contributed by atoms with Gasteiger partial charge in [-0.25, -0.2) is 9.37 Å². The minimum Gasteiger partial charge on any atom is -0.361 e. The van der Waals surface area contributed by atoms with Gasteiger partial charge in [0.1, 0.15) is 23.3 Å². The SMILES string of the molecule is Cc1cc(Cc2nc3cnc4ccc(C#N)cc4c3n2[C@@H]2CC[C@H](F)C2)no1. The minimum absolute atomic E-state index is 0.0272. The molecule has 3 heterocycles. The number of nitrogens with zero attached hydrogens (tertiary/aromatic N) is 5. The molecule has 0 bridgehead atoms. The number of fused-ring (bicyclic) bond motifs is 3. The smallest absolute Gasteiger partial charge is 0.133 e. The van der Waals surface area contributed by atoms with E-state index in [9.17, 15) is 9.65 Å². The van der Waals surface area contributed by atoms with Crippen LogP contribution in [0.5, 0.6) is 0 Å². The molecule has 7 heteroatoms. The van der Waals surface area contributed by atoms with Crippen LogP contribution < -0.4 is 0 Å². The first-order chi connectivity index (χ1) is 13.6. The molecule has 5 rings (SSSR count). The maximum atomic E-state index is 14.0. The molecule has 1 saturated carbocycles. The van der Waals surface area contributed by atoms with E-state index in [1.54, 1.807) is 12.3 Å². The van der Waals surface area contributed by atoms with Crippen molar-refractivity contribution in [1.82, 2.24) is 19.7 Å². The number of alkyl halides is 1. The van der Waals surface area contributed by atoms with Crippen molar-refractivity contribution in [3.63, 3.8) is 0 Å². The number of pyridine rings is 1. The highest BCUT2D eigenvalue weighted by Gasteiger charge is 2.30. The van der Waals surface area contributed by atoms with Crippen LogP contribution in [0, 0.1) is 18.3 Å². The molecule has 0 N–H and O–H groups in total. The van der Waals surface area contributed by atoms with E-state index in [-0.39, 0.29) is 6.04 Å². The first-order valence-corrected chi connectivity index (χ1v) is 9.38. The van der Waals surface area contributed by atoms with Gasteiger partial charge in [0, 0.05) is 17.5 Å². The first kappa shape index (κ1) is 16.9. The van der Waals surface area contributed by atoms with Crippen LogP contribution >= 0.6 is 0 Å². The fourth-order valence-corrected chi connectivity index (χ4v) is 4.21. The van der Waals surface area contributed by atoms with E-state index in [1.165, 1.54) is 0 Å². The van der Waals surface area contributed by atoms with Crippen molar-refractivity contribution >= 4 is 21.9 Å². The van der Waals surface area contributed by atoms with Gasteiger partial charge in [-0.05, 0) is 44.4 Å². The van der Waals surface area contributed by atoms with Crippen molar-refractivity contribution in [2.75, 3.05) is 0 Å². The summed E-state index contributed by atoms with van der Waals surface area (Å²) in [6.45, 7) is 1.85. The number of aryl methyl sites for hydroxylation is 1. The van der Waals surface area contributed by atoms with Gasteiger partial charge in [0.15, 0.2) is 0 Å². The number of imidazole rings is 1. The van der Waals surface area contributed by atoms with E-state index in [4.69, 9.17) is 9.51 Å². The van der Waals surface area contributed by atoms with Crippen molar-refractivity contribution in [3.05, 3.63) is 53.3 Å². The fraction of sp³-hybridized carbons (Fsp3) is 0.333. The van der Waals surface area contributed by atoms with Crippen molar-refractivity contribution in [1.29, 1.82) is 5.26 Å². The molecule has 2 atom stereocenters. The van der Waals surface area contributed by atoms with Crippen LogP contribution in [-0.2, 0) is 6.42 Å². The molecule has 4 aromatic rings. The lowest BCUT2D eigenvalue weighted by Gasteiger charge is -2.17. The average Bonchev–Trinajstić information content (AvgIpc) is 3.39. The lowest BCUT2D eigenvalue weighted by Crippen LogP contribution is -2.11. The lowest BCUT2D eigenvalue weighted by atomic mass is 10.1. The maximum absolute atomic E-state index is 14.0. The number of benzene rings is 1. The summed E-state index contributed by atoms with van der Waals surface area (Å²) in [5.74, 6) is 1.56. The Labute approximate surface area is 160 Å². The topological polar surface area (TPSA) is 80.5 Å². The number of rotatable bonds is 3. The quantitative estimate of drug-likeness (QED) is 0.530. The van der Waals surface area contributed by atoms with E-state index in [0.717, 1.165) is 45.6 Å². The molecule has 140 valence electrons. The molecule has 0 unspecified atom stereocenters. The van der Waals surface area contributed by atoms with Crippen LogP contribution in [0.25, 0.3) is 21.9 Å². The van der Waals surface area contributed by atoms with Crippen LogP contribution in [0.2, 0.25) is 0 Å². The first-order valence-electron chi connectivity index (χ1n) is 9.38. The van der Waals surface area contributed by atoms with Crippen LogP contribution in [0.15, 0.2) is 35.0 Å². The average molecular weight is 375 g/mol. The molecule has 1 fully saturated rings. The van der Waals surface area contributed by atoms with E-state index in [2.05, 4.69) is 20.8 Å². The molecule has 1 aromatic carbocycles.